The van der Waals surface area contributed by atoms with Crippen molar-refractivity contribution >= 4 is 5.91 Å². The fourth-order valence-corrected chi connectivity index (χ4v) is 3.29. The summed E-state index contributed by atoms with van der Waals surface area (Å²) in [6, 6.07) is 9.62. The molecule has 0 aliphatic heterocycles. The van der Waals surface area contributed by atoms with E-state index in [1.54, 1.807) is 31.4 Å². The minimum atomic E-state index is -0.853. The number of amides is 1. The highest BCUT2D eigenvalue weighted by molar-refractivity contribution is 5.93. The summed E-state index contributed by atoms with van der Waals surface area (Å²) >= 11 is 0. The molecule has 170 valence electrons. The fourth-order valence-electron chi connectivity index (χ4n) is 3.29. The third-order valence-electron chi connectivity index (χ3n) is 5.20. The van der Waals surface area contributed by atoms with Gasteiger partial charge < -0.3 is 14.6 Å². The van der Waals surface area contributed by atoms with Gasteiger partial charge in [0.05, 0.1) is 35.7 Å². The Balaban J connectivity index is 1.58. The lowest BCUT2D eigenvalue weighted by Crippen LogP contribution is -2.40. The van der Waals surface area contributed by atoms with Crippen molar-refractivity contribution in [3.63, 3.8) is 0 Å². The van der Waals surface area contributed by atoms with Gasteiger partial charge in [0.15, 0.2) is 11.5 Å². The van der Waals surface area contributed by atoms with Crippen LogP contribution in [0, 0.1) is 11.6 Å². The smallest absolute Gasteiger partial charge is 0.273 e. The second kappa shape index (κ2) is 8.77. The average molecular weight is 454 g/mol. The quantitative estimate of drug-likeness (QED) is 0.457. The molecule has 1 aromatic carbocycles. The molecule has 0 saturated carbocycles. The molecule has 0 bridgehead atoms. The molecular weight excluding hydrogens is 434 g/mol. The Bertz CT molecular complexity index is 1300. The molecule has 33 heavy (non-hydrogen) atoms. The number of rotatable bonds is 7. The zero-order valence-corrected chi connectivity index (χ0v) is 18.0. The van der Waals surface area contributed by atoms with E-state index >= 15 is 0 Å². The molecule has 0 spiro atoms. The Hall–Kier alpha value is -4.15. The molecule has 11 heteroatoms. The SMILES string of the molecule is COc1cccc(C(C)(CNC(=O)c2cc(-c3ccc(F)cc3F)on2)c2cnn(C)n2)n1. The van der Waals surface area contributed by atoms with Crippen LogP contribution in [0.25, 0.3) is 11.3 Å². The number of hydrogen-bond donors (Lipinski definition) is 1. The van der Waals surface area contributed by atoms with Gasteiger partial charge in [-0.2, -0.15) is 15.0 Å². The summed E-state index contributed by atoms with van der Waals surface area (Å²) in [7, 11) is 3.20. The van der Waals surface area contributed by atoms with Crippen LogP contribution in [0.1, 0.15) is 28.8 Å². The van der Waals surface area contributed by atoms with Crippen LogP contribution in [0.2, 0.25) is 0 Å². The van der Waals surface area contributed by atoms with Gasteiger partial charge in [0.2, 0.25) is 5.88 Å². The molecule has 1 unspecified atom stereocenters. The third kappa shape index (κ3) is 4.43. The molecule has 1 atom stereocenters. The number of methoxy groups -OCH3 is 1. The predicted molar refractivity (Wildman–Crippen MR) is 112 cm³/mol. The normalized spacial score (nSPS) is 12.9. The number of aromatic nitrogens is 5. The van der Waals surface area contributed by atoms with E-state index in [4.69, 9.17) is 9.26 Å². The second-order valence-corrected chi connectivity index (χ2v) is 7.50. The Morgan fingerprint density at radius 3 is 2.73 bits per heavy atom. The van der Waals surface area contributed by atoms with Crippen LogP contribution in [-0.4, -0.2) is 44.7 Å². The lowest BCUT2D eigenvalue weighted by Gasteiger charge is -2.27. The van der Waals surface area contributed by atoms with Crippen molar-refractivity contribution in [2.24, 2.45) is 7.05 Å². The van der Waals surface area contributed by atoms with Crippen LogP contribution in [0.5, 0.6) is 5.88 Å². The first kappa shape index (κ1) is 22.1. The first-order chi connectivity index (χ1) is 15.8. The van der Waals surface area contributed by atoms with Gasteiger partial charge in [-0.25, -0.2) is 13.8 Å². The van der Waals surface area contributed by atoms with Crippen LogP contribution in [0.4, 0.5) is 8.78 Å². The topological polar surface area (TPSA) is 108 Å². The number of carbonyl (C=O) groups excluding carboxylic acids is 1. The van der Waals surface area contributed by atoms with Crippen molar-refractivity contribution in [2.75, 3.05) is 13.7 Å². The second-order valence-electron chi connectivity index (χ2n) is 7.50. The highest BCUT2D eigenvalue weighted by Gasteiger charge is 2.35. The number of ether oxygens (including phenoxy) is 1. The summed E-state index contributed by atoms with van der Waals surface area (Å²) in [5, 5.41) is 15.0. The minimum Gasteiger partial charge on any atom is -0.481 e. The Kier molecular flexibility index (Phi) is 5.86. The van der Waals surface area contributed by atoms with Gasteiger partial charge in [-0.3, -0.25) is 4.79 Å². The first-order valence-corrected chi connectivity index (χ1v) is 9.89. The summed E-state index contributed by atoms with van der Waals surface area (Å²) < 4.78 is 37.5. The van der Waals surface area contributed by atoms with Crippen molar-refractivity contribution in [2.45, 2.75) is 12.3 Å². The van der Waals surface area contributed by atoms with E-state index in [0.29, 0.717) is 17.3 Å². The maximum atomic E-state index is 14.0. The lowest BCUT2D eigenvalue weighted by atomic mass is 9.83. The number of hydrogen-bond acceptors (Lipinski definition) is 7. The molecular formula is C22H20F2N6O3. The van der Waals surface area contributed by atoms with Gasteiger partial charge in [0, 0.05) is 31.8 Å². The Morgan fingerprint density at radius 2 is 2.03 bits per heavy atom. The van der Waals surface area contributed by atoms with Crippen molar-refractivity contribution in [1.82, 2.24) is 30.5 Å². The van der Waals surface area contributed by atoms with Crippen LogP contribution in [0.15, 0.2) is 53.2 Å². The molecule has 3 heterocycles. The van der Waals surface area contributed by atoms with E-state index in [9.17, 15) is 13.6 Å². The van der Waals surface area contributed by atoms with Crippen LogP contribution >= 0.6 is 0 Å². The molecule has 3 aromatic heterocycles. The molecule has 4 aromatic rings. The van der Waals surface area contributed by atoms with E-state index in [1.165, 1.54) is 24.0 Å². The van der Waals surface area contributed by atoms with E-state index in [0.717, 1.165) is 12.1 Å². The molecule has 0 radical (unpaired) electrons. The van der Waals surface area contributed by atoms with Gasteiger partial charge in [-0.1, -0.05) is 11.2 Å². The molecule has 0 fully saturated rings. The summed E-state index contributed by atoms with van der Waals surface area (Å²) in [6.45, 7) is 1.96. The van der Waals surface area contributed by atoms with Crippen LogP contribution < -0.4 is 10.1 Å². The number of nitrogens with one attached hydrogen (secondary N) is 1. The largest absolute Gasteiger partial charge is 0.481 e. The van der Waals surface area contributed by atoms with Gasteiger partial charge >= 0.3 is 0 Å². The van der Waals surface area contributed by atoms with E-state index in [1.807, 2.05) is 6.92 Å². The standard InChI is InChI=1S/C22H20F2N6O3/c1-22(19-11-26-30(2)28-19,18-5-4-6-20(27-18)32-3)12-25-21(31)16-10-17(33-29-16)14-8-7-13(23)9-15(14)24/h4-11H,12H2,1-3H3,(H,25,31). The molecule has 1 amide bonds. The summed E-state index contributed by atoms with van der Waals surface area (Å²) in [4.78, 5) is 18.7. The number of aryl methyl sites for hydroxylation is 1. The number of nitrogens with zero attached hydrogens (tertiary/aromatic N) is 5. The molecule has 0 aliphatic carbocycles. The van der Waals surface area contributed by atoms with Crippen LogP contribution in [-0.2, 0) is 12.5 Å². The predicted octanol–water partition coefficient (Wildman–Crippen LogP) is 2.89. The van der Waals surface area contributed by atoms with Crippen molar-refractivity contribution in [3.05, 3.63) is 77.4 Å². The van der Waals surface area contributed by atoms with Gasteiger partial charge in [-0.05, 0) is 25.1 Å². The summed E-state index contributed by atoms with van der Waals surface area (Å²) in [6.07, 6.45) is 1.60. The minimum absolute atomic E-state index is 0.00352. The maximum Gasteiger partial charge on any atom is 0.273 e. The van der Waals surface area contributed by atoms with Crippen LogP contribution in [0.3, 0.4) is 0 Å². The monoisotopic (exact) mass is 454 g/mol. The molecule has 4 rings (SSSR count). The van der Waals surface area contributed by atoms with Crippen molar-refractivity contribution in [1.29, 1.82) is 0 Å². The molecule has 9 nitrogen and oxygen atoms in total. The summed E-state index contributed by atoms with van der Waals surface area (Å²) in [5.41, 5.74) is 0.271. The Morgan fingerprint density at radius 1 is 1.21 bits per heavy atom. The average Bonchev–Trinajstić information content (AvgIpc) is 3.47. The number of benzene rings is 1. The highest BCUT2D eigenvalue weighted by atomic mass is 19.1. The van der Waals surface area contributed by atoms with E-state index < -0.39 is 23.0 Å². The van der Waals surface area contributed by atoms with Gasteiger partial charge in [0.25, 0.3) is 5.91 Å². The third-order valence-corrected chi connectivity index (χ3v) is 5.20. The van der Waals surface area contributed by atoms with Crippen molar-refractivity contribution in [3.8, 4) is 17.2 Å². The summed E-state index contributed by atoms with van der Waals surface area (Å²) in [5.74, 6) is -1.67. The molecule has 1 N–H and O–H groups in total. The molecule has 0 saturated heterocycles. The maximum absolute atomic E-state index is 14.0. The lowest BCUT2D eigenvalue weighted by molar-refractivity contribution is 0.0937. The number of halogens is 2. The number of pyridine rings is 1. The van der Waals surface area contributed by atoms with E-state index in [2.05, 4.69) is 25.7 Å². The van der Waals surface area contributed by atoms with Gasteiger partial charge in [-0.15, -0.1) is 0 Å². The van der Waals surface area contributed by atoms with Crippen molar-refractivity contribution < 1.29 is 22.8 Å². The zero-order valence-electron chi connectivity index (χ0n) is 18.0. The first-order valence-electron chi connectivity index (χ1n) is 9.89. The molecule has 0 aliphatic rings. The van der Waals surface area contributed by atoms with E-state index in [-0.39, 0.29) is 23.6 Å². The number of carbonyl (C=O) groups is 1. The fraction of sp³-hybridized carbons (Fsp3) is 0.227. The Labute approximate surface area is 187 Å². The zero-order chi connectivity index (χ0) is 23.6. The highest BCUT2D eigenvalue weighted by Crippen LogP contribution is 2.30. The van der Waals surface area contributed by atoms with Gasteiger partial charge in [0.1, 0.15) is 11.6 Å².